The number of aromatic nitrogens is 4. The van der Waals surface area contributed by atoms with Crippen LogP contribution in [0, 0.1) is 5.82 Å². The summed E-state index contributed by atoms with van der Waals surface area (Å²) in [5.74, 6) is -0.0627. The van der Waals surface area contributed by atoms with Crippen LogP contribution in [0.1, 0.15) is 34.8 Å². The summed E-state index contributed by atoms with van der Waals surface area (Å²) in [6.07, 6.45) is 1.75. The lowest BCUT2D eigenvalue weighted by molar-refractivity contribution is 0.0933. The van der Waals surface area contributed by atoms with Gasteiger partial charge in [-0.3, -0.25) is 9.48 Å². The first-order valence-electron chi connectivity index (χ1n) is 10.6. The molecule has 3 heterocycles. The molecule has 1 atom stereocenters. The lowest BCUT2D eigenvalue weighted by Crippen LogP contribution is -2.27. The van der Waals surface area contributed by atoms with Crippen LogP contribution in [0.3, 0.4) is 0 Å². The van der Waals surface area contributed by atoms with E-state index in [-0.39, 0.29) is 17.6 Å². The van der Waals surface area contributed by atoms with Crippen molar-refractivity contribution in [2.45, 2.75) is 19.5 Å². The number of carbonyl (C=O) groups excluding carboxylic acids is 1. The molecule has 5 rings (SSSR count). The third-order valence-corrected chi connectivity index (χ3v) is 6.09. The summed E-state index contributed by atoms with van der Waals surface area (Å²) in [4.78, 5) is 18.5. The SMILES string of the molecule is CC(NC(=O)c1cn(Cc2ccccc2)nc1-c1cccs1)c1nc(-c2ccc(F)cc2)no1. The largest absolute Gasteiger partial charge is 0.340 e. The quantitative estimate of drug-likeness (QED) is 0.345. The van der Waals surface area contributed by atoms with Gasteiger partial charge in [-0.15, -0.1) is 11.3 Å². The van der Waals surface area contributed by atoms with Crippen LogP contribution in [0.2, 0.25) is 0 Å². The first-order chi connectivity index (χ1) is 16.6. The lowest BCUT2D eigenvalue weighted by Gasteiger charge is -2.09. The van der Waals surface area contributed by atoms with Gasteiger partial charge in [0.1, 0.15) is 17.6 Å². The Labute approximate surface area is 198 Å². The molecule has 1 amide bonds. The molecule has 1 N–H and O–H groups in total. The van der Waals surface area contributed by atoms with E-state index in [1.165, 1.54) is 23.5 Å². The molecule has 170 valence electrons. The summed E-state index contributed by atoms with van der Waals surface area (Å²) in [7, 11) is 0. The molecule has 9 heteroatoms. The van der Waals surface area contributed by atoms with Gasteiger partial charge in [0.15, 0.2) is 0 Å². The Morgan fingerprint density at radius 1 is 1.12 bits per heavy atom. The third-order valence-electron chi connectivity index (χ3n) is 5.21. The van der Waals surface area contributed by atoms with Crippen LogP contribution >= 0.6 is 11.3 Å². The zero-order chi connectivity index (χ0) is 23.5. The van der Waals surface area contributed by atoms with Crippen LogP contribution in [-0.2, 0) is 6.54 Å². The highest BCUT2D eigenvalue weighted by atomic mass is 32.1. The molecule has 0 bridgehead atoms. The summed E-state index contributed by atoms with van der Waals surface area (Å²) >= 11 is 1.52. The van der Waals surface area contributed by atoms with Crippen molar-refractivity contribution in [2.24, 2.45) is 0 Å². The summed E-state index contributed by atoms with van der Waals surface area (Å²) in [6.45, 7) is 2.31. The standard InChI is InChI=1S/C25H20FN5O2S/c1-16(25-28-23(30-33-25)18-9-11-19(26)12-10-18)27-24(32)20-15-31(14-17-6-3-2-4-7-17)29-22(20)21-8-5-13-34-21/h2-13,15-16H,14H2,1H3,(H,27,32). The number of rotatable bonds is 7. The topological polar surface area (TPSA) is 85.8 Å². The van der Waals surface area contributed by atoms with Crippen LogP contribution in [0.15, 0.2) is 82.8 Å². The highest BCUT2D eigenvalue weighted by molar-refractivity contribution is 7.13. The van der Waals surface area contributed by atoms with Crippen molar-refractivity contribution in [2.75, 3.05) is 0 Å². The third kappa shape index (κ3) is 4.65. The van der Waals surface area contributed by atoms with E-state index in [1.54, 1.807) is 29.9 Å². The Morgan fingerprint density at radius 2 is 1.91 bits per heavy atom. The molecule has 0 aliphatic carbocycles. The van der Waals surface area contributed by atoms with Crippen molar-refractivity contribution in [1.29, 1.82) is 0 Å². The number of thiophene rings is 1. The Bertz CT molecular complexity index is 1400. The van der Waals surface area contributed by atoms with Crippen molar-refractivity contribution in [3.8, 4) is 22.0 Å². The number of hydrogen-bond donors (Lipinski definition) is 1. The number of benzene rings is 2. The summed E-state index contributed by atoms with van der Waals surface area (Å²) < 4.78 is 20.3. The van der Waals surface area contributed by atoms with E-state index in [0.29, 0.717) is 29.2 Å². The first-order valence-corrected chi connectivity index (χ1v) is 11.5. The Morgan fingerprint density at radius 3 is 2.65 bits per heavy atom. The second kappa shape index (κ2) is 9.40. The van der Waals surface area contributed by atoms with E-state index in [9.17, 15) is 9.18 Å². The second-order valence-electron chi connectivity index (χ2n) is 7.71. The van der Waals surface area contributed by atoms with E-state index in [4.69, 9.17) is 4.52 Å². The predicted molar refractivity (Wildman–Crippen MR) is 127 cm³/mol. The maximum atomic E-state index is 13.2. The fourth-order valence-corrected chi connectivity index (χ4v) is 4.22. The Balaban J connectivity index is 1.37. The van der Waals surface area contributed by atoms with Crippen molar-refractivity contribution in [1.82, 2.24) is 25.2 Å². The average molecular weight is 474 g/mol. The Hall–Kier alpha value is -4.11. The molecule has 0 aliphatic heterocycles. The minimum Gasteiger partial charge on any atom is -0.340 e. The van der Waals surface area contributed by atoms with Gasteiger partial charge in [0.05, 0.1) is 17.0 Å². The van der Waals surface area contributed by atoms with Gasteiger partial charge < -0.3 is 9.84 Å². The number of amides is 1. The highest BCUT2D eigenvalue weighted by Crippen LogP contribution is 2.28. The maximum absolute atomic E-state index is 13.2. The molecule has 0 radical (unpaired) electrons. The van der Waals surface area contributed by atoms with Gasteiger partial charge in [-0.05, 0) is 48.2 Å². The van der Waals surface area contributed by atoms with Crippen molar-refractivity contribution < 1.29 is 13.7 Å². The summed E-state index contributed by atoms with van der Waals surface area (Å²) in [5.41, 5.74) is 2.79. The van der Waals surface area contributed by atoms with Crippen LogP contribution in [-0.4, -0.2) is 25.8 Å². The molecule has 0 saturated heterocycles. The molecule has 2 aromatic carbocycles. The van der Waals surface area contributed by atoms with Gasteiger partial charge in [-0.2, -0.15) is 10.1 Å². The van der Waals surface area contributed by atoms with E-state index < -0.39 is 6.04 Å². The van der Waals surface area contributed by atoms with Gasteiger partial charge in [-0.1, -0.05) is 41.6 Å². The van der Waals surface area contributed by atoms with Crippen LogP contribution < -0.4 is 5.32 Å². The minimum atomic E-state index is -0.539. The molecule has 5 aromatic rings. The molecule has 0 aliphatic rings. The number of carbonyl (C=O) groups is 1. The van der Waals surface area contributed by atoms with Gasteiger partial charge in [0.2, 0.25) is 11.7 Å². The summed E-state index contributed by atoms with van der Waals surface area (Å²) in [6, 6.07) is 19.1. The van der Waals surface area contributed by atoms with Crippen LogP contribution in [0.5, 0.6) is 0 Å². The van der Waals surface area contributed by atoms with Crippen molar-refractivity contribution in [3.05, 3.63) is 101 Å². The number of nitrogens with zero attached hydrogens (tertiary/aromatic N) is 4. The average Bonchev–Trinajstić information content (AvgIpc) is 3.61. The fraction of sp³-hybridized carbons (Fsp3) is 0.120. The highest BCUT2D eigenvalue weighted by Gasteiger charge is 2.23. The predicted octanol–water partition coefficient (Wildman–Crippen LogP) is 5.34. The maximum Gasteiger partial charge on any atom is 0.255 e. The summed E-state index contributed by atoms with van der Waals surface area (Å²) in [5, 5.41) is 13.5. The minimum absolute atomic E-state index is 0.252. The number of hydrogen-bond acceptors (Lipinski definition) is 6. The van der Waals surface area contributed by atoms with E-state index in [0.717, 1.165) is 10.4 Å². The van der Waals surface area contributed by atoms with E-state index in [2.05, 4.69) is 20.6 Å². The van der Waals surface area contributed by atoms with E-state index in [1.807, 2.05) is 47.8 Å². The Kier molecular flexibility index (Phi) is 6.01. The molecule has 0 saturated carbocycles. The monoisotopic (exact) mass is 473 g/mol. The smallest absolute Gasteiger partial charge is 0.255 e. The zero-order valence-electron chi connectivity index (χ0n) is 18.2. The molecular weight excluding hydrogens is 453 g/mol. The second-order valence-corrected chi connectivity index (χ2v) is 8.66. The fourth-order valence-electron chi connectivity index (χ4n) is 3.50. The zero-order valence-corrected chi connectivity index (χ0v) is 19.0. The molecule has 3 aromatic heterocycles. The van der Waals surface area contributed by atoms with Crippen LogP contribution in [0.25, 0.3) is 22.0 Å². The molecule has 0 fully saturated rings. The number of halogens is 1. The van der Waals surface area contributed by atoms with Gasteiger partial charge in [0.25, 0.3) is 5.91 Å². The van der Waals surface area contributed by atoms with Gasteiger partial charge in [0, 0.05) is 11.8 Å². The van der Waals surface area contributed by atoms with Crippen LogP contribution in [0.4, 0.5) is 4.39 Å². The molecule has 7 nitrogen and oxygen atoms in total. The number of nitrogens with one attached hydrogen (secondary N) is 1. The van der Waals surface area contributed by atoms with Crippen molar-refractivity contribution in [3.63, 3.8) is 0 Å². The molecule has 1 unspecified atom stereocenters. The van der Waals surface area contributed by atoms with Gasteiger partial charge >= 0.3 is 0 Å². The normalized spacial score (nSPS) is 11.9. The molecular formula is C25H20FN5O2S. The van der Waals surface area contributed by atoms with Crippen molar-refractivity contribution >= 4 is 17.2 Å². The van der Waals surface area contributed by atoms with Gasteiger partial charge in [-0.25, -0.2) is 4.39 Å². The first kappa shape index (κ1) is 21.7. The van der Waals surface area contributed by atoms with E-state index >= 15 is 0 Å². The lowest BCUT2D eigenvalue weighted by atomic mass is 10.2. The molecule has 34 heavy (non-hydrogen) atoms. The molecule has 0 spiro atoms.